The Morgan fingerprint density at radius 3 is 3.10 bits per heavy atom. The van der Waals surface area contributed by atoms with Crippen LogP contribution in [0.5, 0.6) is 0 Å². The van der Waals surface area contributed by atoms with Gasteiger partial charge in [0, 0.05) is 0 Å². The van der Waals surface area contributed by atoms with Crippen LogP contribution in [0.1, 0.15) is 0 Å². The van der Waals surface area contributed by atoms with Gasteiger partial charge in [0.1, 0.15) is 19.6 Å². The van der Waals surface area contributed by atoms with Crippen molar-refractivity contribution < 1.29 is 9.90 Å². The summed E-state index contributed by atoms with van der Waals surface area (Å²) in [7, 11) is 0. The lowest BCUT2D eigenvalue weighted by Crippen LogP contribution is -2.30. The molecule has 0 unspecified atom stereocenters. The van der Waals surface area contributed by atoms with Crippen molar-refractivity contribution in [3.63, 3.8) is 0 Å². The molecule has 5 heteroatoms. The molecule has 0 saturated heterocycles. The SMILES string of the molecule is O=C(O)CN1C=NC=NC1. The van der Waals surface area contributed by atoms with Gasteiger partial charge in [-0.05, 0) is 0 Å². The summed E-state index contributed by atoms with van der Waals surface area (Å²) in [5.74, 6) is -0.872. The first-order chi connectivity index (χ1) is 4.79. The van der Waals surface area contributed by atoms with Crippen LogP contribution in [0.25, 0.3) is 0 Å². The zero-order chi connectivity index (χ0) is 7.40. The number of hydrogen-bond donors (Lipinski definition) is 1. The molecular weight excluding hydrogens is 134 g/mol. The molecular formula is C5H7N3O2. The van der Waals surface area contributed by atoms with Crippen molar-refractivity contribution in [2.24, 2.45) is 9.98 Å². The van der Waals surface area contributed by atoms with Crippen LogP contribution in [0.4, 0.5) is 0 Å². The highest BCUT2D eigenvalue weighted by molar-refractivity contribution is 5.77. The number of rotatable bonds is 2. The molecule has 1 rings (SSSR count). The first-order valence-corrected chi connectivity index (χ1v) is 2.76. The van der Waals surface area contributed by atoms with Crippen LogP contribution in [0.3, 0.4) is 0 Å². The summed E-state index contributed by atoms with van der Waals surface area (Å²) in [6.45, 7) is 0.344. The van der Waals surface area contributed by atoms with Crippen molar-refractivity contribution in [3.05, 3.63) is 0 Å². The number of aliphatic carboxylic acids is 1. The van der Waals surface area contributed by atoms with E-state index in [-0.39, 0.29) is 6.54 Å². The van der Waals surface area contributed by atoms with Gasteiger partial charge in [0.2, 0.25) is 0 Å². The largest absolute Gasteiger partial charge is 0.480 e. The molecule has 0 amide bonds. The number of aliphatic imine (C=N–C) groups is 2. The Bertz CT molecular complexity index is 187. The van der Waals surface area contributed by atoms with Gasteiger partial charge in [0.05, 0.1) is 6.34 Å². The van der Waals surface area contributed by atoms with Crippen molar-refractivity contribution in [2.45, 2.75) is 0 Å². The second kappa shape index (κ2) is 2.95. The highest BCUT2D eigenvalue weighted by Gasteiger charge is 2.04. The van der Waals surface area contributed by atoms with Crippen molar-refractivity contribution in [1.82, 2.24) is 4.90 Å². The third-order valence-corrected chi connectivity index (χ3v) is 0.980. The van der Waals surface area contributed by atoms with E-state index in [1.165, 1.54) is 17.6 Å². The Labute approximate surface area is 57.7 Å². The first-order valence-electron chi connectivity index (χ1n) is 2.76. The number of carboxylic acids is 1. The van der Waals surface area contributed by atoms with Crippen LogP contribution in [0.15, 0.2) is 9.98 Å². The zero-order valence-corrected chi connectivity index (χ0v) is 5.27. The van der Waals surface area contributed by atoms with Crippen LogP contribution < -0.4 is 0 Å². The monoisotopic (exact) mass is 141 g/mol. The van der Waals surface area contributed by atoms with Crippen LogP contribution in [0, 0.1) is 0 Å². The van der Waals surface area contributed by atoms with Gasteiger partial charge < -0.3 is 10.0 Å². The molecule has 0 aliphatic carbocycles. The Kier molecular flexibility index (Phi) is 1.99. The summed E-state index contributed by atoms with van der Waals surface area (Å²) < 4.78 is 0. The predicted molar refractivity (Wildman–Crippen MR) is 36.2 cm³/mol. The second-order valence-corrected chi connectivity index (χ2v) is 1.84. The zero-order valence-electron chi connectivity index (χ0n) is 5.27. The molecule has 1 N–H and O–H groups in total. The average Bonchev–Trinajstić information content (AvgIpc) is 1.88. The molecule has 54 valence electrons. The van der Waals surface area contributed by atoms with E-state index in [0.29, 0.717) is 6.67 Å². The van der Waals surface area contributed by atoms with Gasteiger partial charge in [-0.3, -0.25) is 9.79 Å². The summed E-state index contributed by atoms with van der Waals surface area (Å²) >= 11 is 0. The molecule has 0 aromatic rings. The van der Waals surface area contributed by atoms with E-state index in [1.54, 1.807) is 0 Å². The fraction of sp³-hybridized carbons (Fsp3) is 0.400. The molecule has 0 bridgehead atoms. The Balaban J connectivity index is 2.37. The molecule has 1 aliphatic heterocycles. The third kappa shape index (κ3) is 1.85. The fourth-order valence-corrected chi connectivity index (χ4v) is 0.614. The van der Waals surface area contributed by atoms with E-state index in [9.17, 15) is 4.79 Å². The quantitative estimate of drug-likeness (QED) is 0.558. The molecule has 0 aromatic heterocycles. The van der Waals surface area contributed by atoms with Gasteiger partial charge >= 0.3 is 5.97 Å². The van der Waals surface area contributed by atoms with E-state index in [2.05, 4.69) is 9.98 Å². The van der Waals surface area contributed by atoms with Crippen molar-refractivity contribution in [1.29, 1.82) is 0 Å². The van der Waals surface area contributed by atoms with Gasteiger partial charge in [-0.15, -0.1) is 0 Å². The van der Waals surface area contributed by atoms with Gasteiger partial charge in [0.25, 0.3) is 0 Å². The maximum Gasteiger partial charge on any atom is 0.323 e. The van der Waals surface area contributed by atoms with Crippen LogP contribution in [0.2, 0.25) is 0 Å². The van der Waals surface area contributed by atoms with Crippen LogP contribution >= 0.6 is 0 Å². The van der Waals surface area contributed by atoms with Crippen LogP contribution in [-0.2, 0) is 4.79 Å². The maximum absolute atomic E-state index is 10.1. The highest BCUT2D eigenvalue weighted by Crippen LogP contribution is 1.88. The van der Waals surface area contributed by atoms with Crippen LogP contribution in [-0.4, -0.2) is 41.9 Å². The average molecular weight is 141 g/mol. The van der Waals surface area contributed by atoms with Gasteiger partial charge in [-0.25, -0.2) is 4.99 Å². The number of carboxylic acid groups (broad SMARTS) is 1. The summed E-state index contributed by atoms with van der Waals surface area (Å²) in [6, 6.07) is 0. The summed E-state index contributed by atoms with van der Waals surface area (Å²) in [5, 5.41) is 8.31. The number of nitrogens with zero attached hydrogens (tertiary/aromatic N) is 3. The Morgan fingerprint density at radius 2 is 2.60 bits per heavy atom. The molecule has 1 aliphatic rings. The Hall–Kier alpha value is -1.39. The minimum atomic E-state index is -0.872. The first kappa shape index (κ1) is 6.73. The standard InChI is InChI=1S/C5H7N3O2/c9-5(10)1-8-3-6-2-7-4-8/h2-3H,1,4H2,(H,9,10). The second-order valence-electron chi connectivity index (χ2n) is 1.84. The third-order valence-electron chi connectivity index (χ3n) is 0.980. The lowest BCUT2D eigenvalue weighted by molar-refractivity contribution is -0.137. The minimum absolute atomic E-state index is 0.0408. The number of carbonyl (C=O) groups is 1. The van der Waals surface area contributed by atoms with E-state index >= 15 is 0 Å². The molecule has 0 fully saturated rings. The fourth-order valence-electron chi connectivity index (χ4n) is 0.614. The summed E-state index contributed by atoms with van der Waals surface area (Å²) in [4.78, 5) is 19.0. The molecule has 0 saturated carbocycles. The number of hydrogen-bond acceptors (Lipinski definition) is 4. The smallest absolute Gasteiger partial charge is 0.323 e. The minimum Gasteiger partial charge on any atom is -0.480 e. The molecule has 5 nitrogen and oxygen atoms in total. The van der Waals surface area contributed by atoms with Crippen molar-refractivity contribution in [3.8, 4) is 0 Å². The molecule has 0 radical (unpaired) electrons. The summed E-state index contributed by atoms with van der Waals surface area (Å²) in [6.07, 6.45) is 2.86. The van der Waals surface area contributed by atoms with Gasteiger partial charge in [0.15, 0.2) is 0 Å². The van der Waals surface area contributed by atoms with E-state index in [0.717, 1.165) is 0 Å². The highest BCUT2D eigenvalue weighted by atomic mass is 16.4. The van der Waals surface area contributed by atoms with Gasteiger partial charge in [-0.2, -0.15) is 0 Å². The van der Waals surface area contributed by atoms with E-state index in [4.69, 9.17) is 5.11 Å². The molecule has 0 atom stereocenters. The molecule has 0 aromatic carbocycles. The van der Waals surface area contributed by atoms with Crippen molar-refractivity contribution in [2.75, 3.05) is 13.2 Å². The molecule has 10 heavy (non-hydrogen) atoms. The Morgan fingerprint density at radius 1 is 1.80 bits per heavy atom. The van der Waals surface area contributed by atoms with Crippen molar-refractivity contribution >= 4 is 18.6 Å². The van der Waals surface area contributed by atoms with Gasteiger partial charge in [-0.1, -0.05) is 0 Å². The topological polar surface area (TPSA) is 65.3 Å². The normalized spacial score (nSPS) is 15.8. The molecule has 1 heterocycles. The lowest BCUT2D eigenvalue weighted by atomic mass is 10.6. The summed E-state index contributed by atoms with van der Waals surface area (Å²) in [5.41, 5.74) is 0. The predicted octanol–water partition coefficient (Wildman–Crippen LogP) is -0.599. The van der Waals surface area contributed by atoms with E-state index < -0.39 is 5.97 Å². The van der Waals surface area contributed by atoms with E-state index in [1.807, 2.05) is 0 Å². The molecule has 0 spiro atoms. The lowest BCUT2D eigenvalue weighted by Gasteiger charge is -2.14. The maximum atomic E-state index is 10.1.